The van der Waals surface area contributed by atoms with Gasteiger partial charge in [0, 0.05) is 24.5 Å². The molecule has 0 spiro atoms. The van der Waals surface area contributed by atoms with E-state index in [1.54, 1.807) is 6.20 Å². The van der Waals surface area contributed by atoms with Crippen molar-refractivity contribution in [3.8, 4) is 0 Å². The van der Waals surface area contributed by atoms with Gasteiger partial charge in [0.25, 0.3) is 0 Å². The number of imidazole rings is 1. The molecule has 0 atom stereocenters. The van der Waals surface area contributed by atoms with Crippen LogP contribution in [0.1, 0.15) is 27.2 Å². The Morgan fingerprint density at radius 1 is 1.64 bits per heavy atom. The predicted molar refractivity (Wildman–Crippen MR) is 60.4 cm³/mol. The van der Waals surface area contributed by atoms with E-state index < -0.39 is 0 Å². The van der Waals surface area contributed by atoms with Gasteiger partial charge >= 0.3 is 0 Å². The summed E-state index contributed by atoms with van der Waals surface area (Å²) in [6.07, 6.45) is 6.69. The number of hydrogen-bond donors (Lipinski definition) is 1. The molecule has 0 aliphatic carbocycles. The van der Waals surface area contributed by atoms with Crippen LogP contribution in [0.5, 0.6) is 0 Å². The Morgan fingerprint density at radius 3 is 2.93 bits per heavy atom. The Kier molecular flexibility index (Phi) is 3.33. The molecule has 1 N–H and O–H groups in total. The van der Waals surface area contributed by atoms with Crippen molar-refractivity contribution in [2.75, 3.05) is 5.32 Å². The molecule has 0 unspecified atom stereocenters. The fraction of sp³-hybridized carbons (Fsp3) is 0.545. The Bertz CT molecular complexity index is 299. The zero-order chi connectivity index (χ0) is 10.6. The summed E-state index contributed by atoms with van der Waals surface area (Å²) >= 11 is 0. The second kappa shape index (κ2) is 4.31. The molecule has 78 valence electrons. The number of anilines is 1. The zero-order valence-electron chi connectivity index (χ0n) is 9.25. The third-order valence-electron chi connectivity index (χ3n) is 2.38. The van der Waals surface area contributed by atoms with Crippen LogP contribution in [-0.2, 0) is 6.54 Å². The molecule has 0 saturated heterocycles. The molecule has 1 rings (SSSR count). The summed E-state index contributed by atoms with van der Waals surface area (Å²) in [5.41, 5.74) is 0.0876. The summed E-state index contributed by atoms with van der Waals surface area (Å²) in [4.78, 5) is 4.27. The van der Waals surface area contributed by atoms with E-state index in [9.17, 15) is 0 Å². The predicted octanol–water partition coefficient (Wildman–Crippen LogP) is 2.67. The number of hydrogen-bond acceptors (Lipinski definition) is 2. The maximum absolute atomic E-state index is 4.27. The van der Waals surface area contributed by atoms with E-state index in [-0.39, 0.29) is 5.54 Å². The van der Waals surface area contributed by atoms with Crippen molar-refractivity contribution in [3.63, 3.8) is 0 Å². The lowest BCUT2D eigenvalue weighted by Crippen LogP contribution is -2.31. The fourth-order valence-electron chi connectivity index (χ4n) is 1.11. The number of rotatable bonds is 5. The standard InChI is InChI=1S/C11H19N3/c1-5-8-14-9-7-12-10(14)13-11(3,4)6-2/h5,7,9H,1,6,8H2,2-4H3,(H,12,13). The van der Waals surface area contributed by atoms with Gasteiger partial charge in [-0.15, -0.1) is 6.58 Å². The maximum atomic E-state index is 4.27. The van der Waals surface area contributed by atoms with E-state index in [1.165, 1.54) is 0 Å². The van der Waals surface area contributed by atoms with Crippen LogP contribution < -0.4 is 5.32 Å². The highest BCUT2D eigenvalue weighted by Crippen LogP contribution is 2.16. The largest absolute Gasteiger partial charge is 0.351 e. The number of aromatic nitrogens is 2. The van der Waals surface area contributed by atoms with Crippen LogP contribution in [0.15, 0.2) is 25.0 Å². The molecule has 14 heavy (non-hydrogen) atoms. The van der Waals surface area contributed by atoms with Gasteiger partial charge in [-0.3, -0.25) is 0 Å². The first-order chi connectivity index (χ1) is 6.59. The number of allylic oxidation sites excluding steroid dienone is 1. The van der Waals surface area contributed by atoms with Crippen molar-refractivity contribution in [1.82, 2.24) is 9.55 Å². The molecule has 0 radical (unpaired) electrons. The molecule has 0 fully saturated rings. The molecule has 0 amide bonds. The molecule has 3 nitrogen and oxygen atoms in total. The molecule has 0 aliphatic rings. The van der Waals surface area contributed by atoms with Crippen LogP contribution in [-0.4, -0.2) is 15.1 Å². The van der Waals surface area contributed by atoms with E-state index in [0.717, 1.165) is 18.9 Å². The molecular weight excluding hydrogens is 174 g/mol. The zero-order valence-corrected chi connectivity index (χ0v) is 9.25. The van der Waals surface area contributed by atoms with Crippen LogP contribution in [0.2, 0.25) is 0 Å². The minimum atomic E-state index is 0.0876. The molecule has 0 saturated carbocycles. The highest BCUT2D eigenvalue weighted by atomic mass is 15.2. The fourth-order valence-corrected chi connectivity index (χ4v) is 1.11. The van der Waals surface area contributed by atoms with Gasteiger partial charge in [-0.25, -0.2) is 4.98 Å². The van der Waals surface area contributed by atoms with Crippen LogP contribution in [0.4, 0.5) is 5.95 Å². The maximum Gasteiger partial charge on any atom is 0.203 e. The van der Waals surface area contributed by atoms with E-state index in [2.05, 4.69) is 37.7 Å². The van der Waals surface area contributed by atoms with Crippen molar-refractivity contribution >= 4 is 5.95 Å². The van der Waals surface area contributed by atoms with Crippen molar-refractivity contribution in [2.24, 2.45) is 0 Å². The monoisotopic (exact) mass is 193 g/mol. The Labute approximate surface area is 85.8 Å². The first-order valence-corrected chi connectivity index (χ1v) is 4.99. The second-order valence-corrected chi connectivity index (χ2v) is 4.05. The van der Waals surface area contributed by atoms with Crippen molar-refractivity contribution in [2.45, 2.75) is 39.3 Å². The van der Waals surface area contributed by atoms with Gasteiger partial charge in [-0.2, -0.15) is 0 Å². The highest BCUT2D eigenvalue weighted by Gasteiger charge is 2.16. The van der Waals surface area contributed by atoms with Crippen LogP contribution in [0.25, 0.3) is 0 Å². The molecule has 1 aromatic heterocycles. The van der Waals surface area contributed by atoms with Crippen LogP contribution in [0.3, 0.4) is 0 Å². The molecule has 0 aromatic carbocycles. The smallest absolute Gasteiger partial charge is 0.203 e. The first kappa shape index (κ1) is 10.8. The third-order valence-corrected chi connectivity index (χ3v) is 2.38. The molecule has 0 aliphatic heterocycles. The van der Waals surface area contributed by atoms with Gasteiger partial charge < -0.3 is 9.88 Å². The lowest BCUT2D eigenvalue weighted by Gasteiger charge is -2.25. The minimum Gasteiger partial charge on any atom is -0.351 e. The van der Waals surface area contributed by atoms with Gasteiger partial charge in [0.05, 0.1) is 0 Å². The van der Waals surface area contributed by atoms with Crippen LogP contribution >= 0.6 is 0 Å². The van der Waals surface area contributed by atoms with Gasteiger partial charge in [-0.1, -0.05) is 13.0 Å². The summed E-state index contributed by atoms with van der Waals surface area (Å²) in [5.74, 6) is 0.914. The van der Waals surface area contributed by atoms with E-state index in [4.69, 9.17) is 0 Å². The average Bonchev–Trinajstić information content (AvgIpc) is 2.53. The first-order valence-electron chi connectivity index (χ1n) is 4.99. The molecule has 0 bridgehead atoms. The highest BCUT2D eigenvalue weighted by molar-refractivity contribution is 5.30. The van der Waals surface area contributed by atoms with Crippen molar-refractivity contribution in [1.29, 1.82) is 0 Å². The van der Waals surface area contributed by atoms with E-state index >= 15 is 0 Å². The summed E-state index contributed by atoms with van der Waals surface area (Å²) in [5, 5.41) is 3.41. The molecular formula is C11H19N3. The lowest BCUT2D eigenvalue weighted by molar-refractivity contribution is 0.537. The van der Waals surface area contributed by atoms with Crippen molar-refractivity contribution in [3.05, 3.63) is 25.0 Å². The topological polar surface area (TPSA) is 29.9 Å². The van der Waals surface area contributed by atoms with Gasteiger partial charge in [0.15, 0.2) is 0 Å². The SMILES string of the molecule is C=CCn1ccnc1NC(C)(C)CC. The summed E-state index contributed by atoms with van der Waals surface area (Å²) in [6, 6.07) is 0. The van der Waals surface area contributed by atoms with Gasteiger partial charge in [0.2, 0.25) is 5.95 Å². The van der Waals surface area contributed by atoms with Crippen LogP contribution in [0, 0.1) is 0 Å². The summed E-state index contributed by atoms with van der Waals surface area (Å²) in [6.45, 7) is 11.0. The molecule has 1 aromatic rings. The van der Waals surface area contributed by atoms with Crippen molar-refractivity contribution < 1.29 is 0 Å². The third kappa shape index (κ3) is 2.62. The Balaban J connectivity index is 2.75. The Morgan fingerprint density at radius 2 is 2.36 bits per heavy atom. The number of nitrogens with zero attached hydrogens (tertiary/aromatic N) is 2. The number of nitrogens with one attached hydrogen (secondary N) is 1. The van der Waals surface area contributed by atoms with Gasteiger partial charge in [-0.05, 0) is 20.3 Å². The second-order valence-electron chi connectivity index (χ2n) is 4.05. The lowest BCUT2D eigenvalue weighted by atomic mass is 10.0. The molecule has 1 heterocycles. The van der Waals surface area contributed by atoms with Gasteiger partial charge in [0.1, 0.15) is 0 Å². The summed E-state index contributed by atoms with van der Waals surface area (Å²) < 4.78 is 2.05. The average molecular weight is 193 g/mol. The quantitative estimate of drug-likeness (QED) is 0.729. The Hall–Kier alpha value is -1.25. The van der Waals surface area contributed by atoms with E-state index in [1.807, 2.05) is 16.8 Å². The minimum absolute atomic E-state index is 0.0876. The normalized spacial score (nSPS) is 11.4. The molecule has 3 heteroatoms. The van der Waals surface area contributed by atoms with E-state index in [0.29, 0.717) is 0 Å². The summed E-state index contributed by atoms with van der Waals surface area (Å²) in [7, 11) is 0.